The van der Waals surface area contributed by atoms with E-state index in [0.717, 1.165) is 17.6 Å². The van der Waals surface area contributed by atoms with Crippen LogP contribution in [0.4, 0.5) is 0 Å². The van der Waals surface area contributed by atoms with Crippen molar-refractivity contribution in [3.63, 3.8) is 0 Å². The van der Waals surface area contributed by atoms with Crippen LogP contribution in [0.15, 0.2) is 22.7 Å². The summed E-state index contributed by atoms with van der Waals surface area (Å²) in [5.41, 5.74) is 1.19. The minimum Gasteiger partial charge on any atom is -0.507 e. The molecule has 0 spiro atoms. The number of likely N-dealkylation sites (N-methyl/N-ethyl adjacent to an activating group) is 1. The SMILES string of the molecule is CN1CCC(NCc2ccc(O)c(Br)c2)C1. The molecular weight excluding hydrogens is 268 g/mol. The van der Waals surface area contributed by atoms with Crippen LogP contribution in [0, 0.1) is 0 Å². The molecule has 0 bridgehead atoms. The van der Waals surface area contributed by atoms with Crippen LogP contribution in [0.3, 0.4) is 0 Å². The third kappa shape index (κ3) is 2.97. The highest BCUT2D eigenvalue weighted by molar-refractivity contribution is 9.10. The van der Waals surface area contributed by atoms with Gasteiger partial charge in [0.25, 0.3) is 0 Å². The molecule has 16 heavy (non-hydrogen) atoms. The number of phenols is 1. The summed E-state index contributed by atoms with van der Waals surface area (Å²) in [6.45, 7) is 3.16. The number of nitrogens with zero attached hydrogens (tertiary/aromatic N) is 1. The molecule has 4 heteroatoms. The molecule has 0 radical (unpaired) electrons. The highest BCUT2D eigenvalue weighted by Gasteiger charge is 2.18. The fraction of sp³-hybridized carbons (Fsp3) is 0.500. The largest absolute Gasteiger partial charge is 0.507 e. The quantitative estimate of drug-likeness (QED) is 0.891. The van der Waals surface area contributed by atoms with Gasteiger partial charge in [0.05, 0.1) is 4.47 Å². The van der Waals surface area contributed by atoms with Gasteiger partial charge in [0.2, 0.25) is 0 Å². The van der Waals surface area contributed by atoms with Crippen LogP contribution >= 0.6 is 15.9 Å². The van der Waals surface area contributed by atoms with E-state index in [-0.39, 0.29) is 0 Å². The van der Waals surface area contributed by atoms with Gasteiger partial charge < -0.3 is 15.3 Å². The minimum atomic E-state index is 0.296. The molecular formula is C12H17BrN2O. The molecule has 2 rings (SSSR count). The monoisotopic (exact) mass is 284 g/mol. The number of benzene rings is 1. The molecule has 1 fully saturated rings. The number of phenolic OH excluding ortho intramolecular Hbond substituents is 1. The Hall–Kier alpha value is -0.580. The fourth-order valence-electron chi connectivity index (χ4n) is 2.02. The van der Waals surface area contributed by atoms with E-state index in [4.69, 9.17) is 0 Å². The van der Waals surface area contributed by atoms with E-state index in [0.29, 0.717) is 11.8 Å². The summed E-state index contributed by atoms with van der Waals surface area (Å²) < 4.78 is 0.760. The van der Waals surface area contributed by atoms with Gasteiger partial charge in [-0.05, 0) is 53.6 Å². The summed E-state index contributed by atoms with van der Waals surface area (Å²) in [6.07, 6.45) is 1.22. The Balaban J connectivity index is 1.87. The van der Waals surface area contributed by atoms with Gasteiger partial charge in [-0.1, -0.05) is 6.07 Å². The molecule has 1 atom stereocenters. The first-order valence-corrected chi connectivity index (χ1v) is 6.34. The molecule has 0 amide bonds. The maximum absolute atomic E-state index is 9.38. The van der Waals surface area contributed by atoms with Crippen LogP contribution in [0.5, 0.6) is 5.75 Å². The van der Waals surface area contributed by atoms with Crippen molar-refractivity contribution < 1.29 is 5.11 Å². The van der Waals surface area contributed by atoms with Gasteiger partial charge in [0, 0.05) is 19.1 Å². The maximum Gasteiger partial charge on any atom is 0.129 e. The average molecular weight is 285 g/mol. The van der Waals surface area contributed by atoms with Gasteiger partial charge in [-0.2, -0.15) is 0 Å². The molecule has 1 aliphatic heterocycles. The Morgan fingerprint density at radius 2 is 2.38 bits per heavy atom. The molecule has 0 aliphatic carbocycles. The van der Waals surface area contributed by atoms with E-state index in [1.807, 2.05) is 12.1 Å². The first-order chi connectivity index (χ1) is 7.65. The summed E-state index contributed by atoms with van der Waals surface area (Å²) in [5, 5.41) is 12.9. The van der Waals surface area contributed by atoms with E-state index in [1.54, 1.807) is 6.07 Å². The third-order valence-corrected chi connectivity index (χ3v) is 3.63. The van der Waals surface area contributed by atoms with Gasteiger partial charge in [0.15, 0.2) is 0 Å². The summed E-state index contributed by atoms with van der Waals surface area (Å²) in [7, 11) is 2.15. The summed E-state index contributed by atoms with van der Waals surface area (Å²) in [4.78, 5) is 2.34. The van der Waals surface area contributed by atoms with Crippen molar-refractivity contribution in [2.45, 2.75) is 19.0 Å². The predicted molar refractivity (Wildman–Crippen MR) is 68.5 cm³/mol. The Kier molecular flexibility index (Phi) is 3.84. The van der Waals surface area contributed by atoms with Gasteiger partial charge in [-0.15, -0.1) is 0 Å². The van der Waals surface area contributed by atoms with E-state index >= 15 is 0 Å². The molecule has 0 aromatic heterocycles. The third-order valence-electron chi connectivity index (χ3n) is 3.00. The van der Waals surface area contributed by atoms with Crippen molar-refractivity contribution in [2.24, 2.45) is 0 Å². The van der Waals surface area contributed by atoms with Gasteiger partial charge >= 0.3 is 0 Å². The summed E-state index contributed by atoms with van der Waals surface area (Å²) in [6, 6.07) is 6.23. The van der Waals surface area contributed by atoms with Crippen LogP contribution in [0.1, 0.15) is 12.0 Å². The van der Waals surface area contributed by atoms with E-state index in [9.17, 15) is 5.11 Å². The van der Waals surface area contributed by atoms with Crippen LogP contribution < -0.4 is 5.32 Å². The van der Waals surface area contributed by atoms with Crippen LogP contribution in [0.2, 0.25) is 0 Å². The lowest BCUT2D eigenvalue weighted by atomic mass is 10.2. The molecule has 88 valence electrons. The Morgan fingerprint density at radius 3 is 3.00 bits per heavy atom. The average Bonchev–Trinajstić information content (AvgIpc) is 2.66. The van der Waals surface area contributed by atoms with Crippen molar-refractivity contribution in [1.82, 2.24) is 10.2 Å². The zero-order valence-electron chi connectivity index (χ0n) is 9.41. The highest BCUT2D eigenvalue weighted by Crippen LogP contribution is 2.24. The normalized spacial score (nSPS) is 21.5. The van der Waals surface area contributed by atoms with Gasteiger partial charge in [-0.3, -0.25) is 0 Å². The predicted octanol–water partition coefficient (Wildman–Crippen LogP) is 1.95. The number of rotatable bonds is 3. The zero-order chi connectivity index (χ0) is 11.5. The van der Waals surface area contributed by atoms with Crippen molar-refractivity contribution in [2.75, 3.05) is 20.1 Å². The lowest BCUT2D eigenvalue weighted by Crippen LogP contribution is -2.30. The first-order valence-electron chi connectivity index (χ1n) is 5.54. The van der Waals surface area contributed by atoms with Crippen LogP contribution in [0.25, 0.3) is 0 Å². The number of hydrogen-bond acceptors (Lipinski definition) is 3. The molecule has 1 unspecified atom stereocenters. The maximum atomic E-state index is 9.38. The topological polar surface area (TPSA) is 35.5 Å². The second-order valence-electron chi connectivity index (χ2n) is 4.41. The Labute approximate surface area is 105 Å². The lowest BCUT2D eigenvalue weighted by Gasteiger charge is -2.13. The molecule has 1 aromatic carbocycles. The Bertz CT molecular complexity index is 370. The van der Waals surface area contributed by atoms with Crippen LogP contribution in [-0.4, -0.2) is 36.2 Å². The molecule has 1 aromatic rings. The van der Waals surface area contributed by atoms with Crippen LogP contribution in [-0.2, 0) is 6.54 Å². The summed E-state index contributed by atoms with van der Waals surface area (Å²) >= 11 is 3.32. The first kappa shape index (κ1) is 11.9. The lowest BCUT2D eigenvalue weighted by molar-refractivity contribution is 0.397. The standard InChI is InChI=1S/C12H17BrN2O/c1-15-5-4-10(8-15)14-7-9-2-3-12(16)11(13)6-9/h2-3,6,10,14,16H,4-5,7-8H2,1H3. The Morgan fingerprint density at radius 1 is 1.56 bits per heavy atom. The second kappa shape index (κ2) is 5.17. The second-order valence-corrected chi connectivity index (χ2v) is 5.27. The van der Waals surface area contributed by atoms with E-state index in [2.05, 4.69) is 33.2 Å². The molecule has 3 nitrogen and oxygen atoms in total. The van der Waals surface area contributed by atoms with Gasteiger partial charge in [0.1, 0.15) is 5.75 Å². The number of hydrogen-bond donors (Lipinski definition) is 2. The van der Waals surface area contributed by atoms with E-state index < -0.39 is 0 Å². The number of nitrogens with one attached hydrogen (secondary N) is 1. The van der Waals surface area contributed by atoms with Crippen molar-refractivity contribution in [1.29, 1.82) is 0 Å². The minimum absolute atomic E-state index is 0.296. The number of aromatic hydroxyl groups is 1. The molecule has 0 saturated carbocycles. The highest BCUT2D eigenvalue weighted by atomic mass is 79.9. The van der Waals surface area contributed by atoms with Gasteiger partial charge in [-0.25, -0.2) is 0 Å². The zero-order valence-corrected chi connectivity index (χ0v) is 11.0. The molecule has 1 saturated heterocycles. The smallest absolute Gasteiger partial charge is 0.129 e. The van der Waals surface area contributed by atoms with Crippen molar-refractivity contribution in [3.05, 3.63) is 28.2 Å². The molecule has 1 aliphatic rings. The molecule has 2 N–H and O–H groups in total. The van der Waals surface area contributed by atoms with Crippen molar-refractivity contribution in [3.8, 4) is 5.75 Å². The number of halogens is 1. The van der Waals surface area contributed by atoms with E-state index in [1.165, 1.54) is 18.5 Å². The molecule has 1 heterocycles. The summed E-state index contributed by atoms with van der Waals surface area (Å²) in [5.74, 6) is 0.296. The fourth-order valence-corrected chi connectivity index (χ4v) is 2.45. The number of likely N-dealkylation sites (tertiary alicyclic amines) is 1. The van der Waals surface area contributed by atoms with Crippen molar-refractivity contribution >= 4 is 15.9 Å².